The first-order valence-electron chi connectivity index (χ1n) is 6.51. The number of nitrogens with zero attached hydrogens (tertiary/aromatic N) is 2. The van der Waals surface area contributed by atoms with Crippen molar-refractivity contribution >= 4 is 17.4 Å². The van der Waals surface area contributed by atoms with Crippen LogP contribution in [0.25, 0.3) is 0 Å². The molecule has 1 unspecified atom stereocenters. The third-order valence-corrected chi connectivity index (χ3v) is 3.63. The van der Waals surface area contributed by atoms with Crippen molar-refractivity contribution in [2.75, 3.05) is 5.32 Å². The lowest BCUT2D eigenvalue weighted by Gasteiger charge is -2.14. The lowest BCUT2D eigenvalue weighted by Crippen LogP contribution is -2.17. The third kappa shape index (κ3) is 3.09. The fraction of sp³-hybridized carbons (Fsp3) is 0.692. The summed E-state index contributed by atoms with van der Waals surface area (Å²) in [6.45, 7) is 2.21. The van der Waals surface area contributed by atoms with E-state index in [1.807, 2.05) is 6.07 Å². The maximum Gasteiger partial charge on any atom is 0.135 e. The summed E-state index contributed by atoms with van der Waals surface area (Å²) in [6.07, 6.45) is 6.43. The smallest absolute Gasteiger partial charge is 0.135 e. The minimum Gasteiger partial charge on any atom is -0.367 e. The molecule has 3 rings (SSSR count). The second kappa shape index (κ2) is 4.45. The highest BCUT2D eigenvalue weighted by Crippen LogP contribution is 2.39. The molecule has 2 fully saturated rings. The Morgan fingerprint density at radius 1 is 1.35 bits per heavy atom. The zero-order chi connectivity index (χ0) is 11.8. The lowest BCUT2D eigenvalue weighted by atomic mass is 10.1. The van der Waals surface area contributed by atoms with Gasteiger partial charge in [-0.3, -0.25) is 0 Å². The van der Waals surface area contributed by atoms with Gasteiger partial charge in [0.05, 0.1) is 0 Å². The minimum absolute atomic E-state index is 0.473. The normalized spacial score (nSPS) is 21.3. The van der Waals surface area contributed by atoms with Gasteiger partial charge in [-0.25, -0.2) is 9.97 Å². The Morgan fingerprint density at radius 3 is 2.76 bits per heavy atom. The van der Waals surface area contributed by atoms with Gasteiger partial charge in [-0.2, -0.15) is 0 Å². The fourth-order valence-corrected chi connectivity index (χ4v) is 2.39. The second-order valence-electron chi connectivity index (χ2n) is 5.43. The maximum absolute atomic E-state index is 6.03. The highest BCUT2D eigenvalue weighted by atomic mass is 35.5. The molecule has 4 heteroatoms. The predicted molar refractivity (Wildman–Crippen MR) is 69.4 cm³/mol. The van der Waals surface area contributed by atoms with Crippen LogP contribution in [0.3, 0.4) is 0 Å². The number of nitrogens with one attached hydrogen (secondary N) is 1. The highest BCUT2D eigenvalue weighted by molar-refractivity contribution is 6.29. The first kappa shape index (κ1) is 11.3. The molecule has 3 nitrogen and oxygen atoms in total. The zero-order valence-corrected chi connectivity index (χ0v) is 10.9. The summed E-state index contributed by atoms with van der Waals surface area (Å²) < 4.78 is 0. The van der Waals surface area contributed by atoms with Crippen molar-refractivity contribution in [1.82, 2.24) is 9.97 Å². The standard InChI is InChI=1S/C13H18ClN3/c1-8(6-9-2-3-9)15-12-7-11(14)16-13(17-12)10-4-5-10/h7-10H,2-6H2,1H3,(H,15,16,17). The predicted octanol–water partition coefficient (Wildman–Crippen LogP) is 3.61. The summed E-state index contributed by atoms with van der Waals surface area (Å²) in [5, 5.41) is 4.00. The molecule has 1 N–H and O–H groups in total. The van der Waals surface area contributed by atoms with Crippen molar-refractivity contribution in [2.24, 2.45) is 5.92 Å². The number of halogens is 1. The summed E-state index contributed by atoms with van der Waals surface area (Å²) in [7, 11) is 0. The highest BCUT2D eigenvalue weighted by Gasteiger charge is 2.28. The van der Waals surface area contributed by atoms with Crippen molar-refractivity contribution < 1.29 is 0 Å². The zero-order valence-electron chi connectivity index (χ0n) is 10.1. The third-order valence-electron chi connectivity index (χ3n) is 3.43. The van der Waals surface area contributed by atoms with Crippen LogP contribution in [0.2, 0.25) is 5.15 Å². The molecule has 2 saturated carbocycles. The van der Waals surface area contributed by atoms with Gasteiger partial charge in [-0.1, -0.05) is 24.4 Å². The molecule has 0 amide bonds. The van der Waals surface area contributed by atoms with E-state index >= 15 is 0 Å². The first-order valence-corrected chi connectivity index (χ1v) is 6.89. The number of hydrogen-bond acceptors (Lipinski definition) is 3. The molecule has 0 bridgehead atoms. The Hall–Kier alpha value is -0.830. The molecule has 1 heterocycles. The number of rotatable bonds is 5. The van der Waals surface area contributed by atoms with E-state index in [2.05, 4.69) is 22.2 Å². The van der Waals surface area contributed by atoms with Crippen molar-refractivity contribution in [1.29, 1.82) is 0 Å². The van der Waals surface area contributed by atoms with E-state index in [-0.39, 0.29) is 0 Å². The molecular formula is C13H18ClN3. The van der Waals surface area contributed by atoms with Gasteiger partial charge >= 0.3 is 0 Å². The van der Waals surface area contributed by atoms with Crippen LogP contribution in [-0.2, 0) is 0 Å². The van der Waals surface area contributed by atoms with Gasteiger partial charge in [-0.15, -0.1) is 0 Å². The maximum atomic E-state index is 6.03. The summed E-state index contributed by atoms with van der Waals surface area (Å²) in [5.74, 6) is 3.28. The Labute approximate surface area is 107 Å². The number of hydrogen-bond donors (Lipinski definition) is 1. The van der Waals surface area contributed by atoms with Crippen molar-refractivity contribution in [3.05, 3.63) is 17.0 Å². The van der Waals surface area contributed by atoms with Gasteiger partial charge in [0.15, 0.2) is 0 Å². The number of anilines is 1. The first-order chi connectivity index (χ1) is 8.20. The van der Waals surface area contributed by atoms with Gasteiger partial charge < -0.3 is 5.32 Å². The summed E-state index contributed by atoms with van der Waals surface area (Å²) >= 11 is 6.03. The molecule has 17 heavy (non-hydrogen) atoms. The van der Waals surface area contributed by atoms with E-state index in [1.54, 1.807) is 0 Å². The van der Waals surface area contributed by atoms with Crippen molar-refractivity contribution in [3.63, 3.8) is 0 Å². The van der Waals surface area contributed by atoms with Crippen LogP contribution in [0.1, 0.15) is 50.8 Å². The average molecular weight is 252 g/mol. The Bertz CT molecular complexity index is 413. The molecule has 0 radical (unpaired) electrons. The lowest BCUT2D eigenvalue weighted by molar-refractivity contribution is 0.639. The van der Waals surface area contributed by atoms with Crippen LogP contribution >= 0.6 is 11.6 Å². The summed E-state index contributed by atoms with van der Waals surface area (Å²) in [5.41, 5.74) is 0. The molecule has 92 valence electrons. The van der Waals surface area contributed by atoms with Gasteiger partial charge in [0.1, 0.15) is 16.8 Å². The van der Waals surface area contributed by atoms with Crippen LogP contribution in [0, 0.1) is 5.92 Å². The topological polar surface area (TPSA) is 37.8 Å². The molecule has 1 atom stereocenters. The van der Waals surface area contributed by atoms with Gasteiger partial charge in [0.2, 0.25) is 0 Å². The minimum atomic E-state index is 0.473. The van der Waals surface area contributed by atoms with Crippen LogP contribution in [0.4, 0.5) is 5.82 Å². The van der Waals surface area contributed by atoms with Crippen molar-refractivity contribution in [3.8, 4) is 0 Å². The van der Waals surface area contributed by atoms with Crippen LogP contribution in [0.5, 0.6) is 0 Å². The number of aromatic nitrogens is 2. The molecule has 0 saturated heterocycles. The molecule has 1 aromatic heterocycles. The molecule has 0 aromatic carbocycles. The van der Waals surface area contributed by atoms with Crippen LogP contribution < -0.4 is 5.32 Å². The monoisotopic (exact) mass is 251 g/mol. The van der Waals surface area contributed by atoms with Gasteiger partial charge in [0, 0.05) is 18.0 Å². The largest absolute Gasteiger partial charge is 0.367 e. The van der Waals surface area contributed by atoms with E-state index in [0.29, 0.717) is 17.1 Å². The fourth-order valence-electron chi connectivity index (χ4n) is 2.20. The Morgan fingerprint density at radius 2 is 2.12 bits per heavy atom. The Kier molecular flexibility index (Phi) is 2.95. The van der Waals surface area contributed by atoms with Gasteiger partial charge in [-0.05, 0) is 32.1 Å². The van der Waals surface area contributed by atoms with E-state index in [4.69, 9.17) is 11.6 Å². The van der Waals surface area contributed by atoms with E-state index < -0.39 is 0 Å². The van der Waals surface area contributed by atoms with E-state index in [1.165, 1.54) is 32.1 Å². The molecule has 0 spiro atoms. The van der Waals surface area contributed by atoms with E-state index in [9.17, 15) is 0 Å². The van der Waals surface area contributed by atoms with Crippen LogP contribution in [0.15, 0.2) is 6.07 Å². The van der Waals surface area contributed by atoms with Crippen LogP contribution in [-0.4, -0.2) is 16.0 Å². The molecule has 0 aliphatic heterocycles. The summed E-state index contributed by atoms with van der Waals surface area (Å²) in [6, 6.07) is 2.30. The van der Waals surface area contributed by atoms with E-state index in [0.717, 1.165) is 17.6 Å². The summed E-state index contributed by atoms with van der Waals surface area (Å²) in [4.78, 5) is 8.85. The SMILES string of the molecule is CC(CC1CC1)Nc1cc(Cl)nc(C2CC2)n1. The average Bonchev–Trinajstić information content (AvgIpc) is 3.12. The quantitative estimate of drug-likeness (QED) is 0.813. The second-order valence-corrected chi connectivity index (χ2v) is 5.82. The molecular weight excluding hydrogens is 234 g/mol. The molecule has 1 aromatic rings. The Balaban J connectivity index is 1.67. The van der Waals surface area contributed by atoms with Gasteiger partial charge in [0.25, 0.3) is 0 Å². The van der Waals surface area contributed by atoms with Crippen molar-refractivity contribution in [2.45, 2.75) is 51.0 Å². The molecule has 2 aliphatic carbocycles. The molecule has 2 aliphatic rings.